The Morgan fingerprint density at radius 2 is 1.85 bits per heavy atom. The van der Waals surface area contributed by atoms with Crippen molar-refractivity contribution in [3.8, 4) is 0 Å². The summed E-state index contributed by atoms with van der Waals surface area (Å²) in [7, 11) is 6.14. The second kappa shape index (κ2) is 5.58. The minimum Gasteiger partial charge on any atom is -0.501 e. The minimum atomic E-state index is -1.31. The SMILES string of the molecule is COC1=CC(=O)C2(C1)C(Cl)CC13C(OC)=C(OC)C(=O)C(=O)C21CCN3C. The van der Waals surface area contributed by atoms with Gasteiger partial charge < -0.3 is 14.2 Å². The molecule has 2 fully saturated rings. The van der Waals surface area contributed by atoms with Crippen molar-refractivity contribution in [2.45, 2.75) is 30.2 Å². The smallest absolute Gasteiger partial charge is 0.267 e. The fraction of sp³-hybridized carbons (Fsp3) is 0.632. The second-order valence-corrected chi connectivity index (χ2v) is 8.19. The van der Waals surface area contributed by atoms with Crippen LogP contribution in [0.4, 0.5) is 0 Å². The highest BCUT2D eigenvalue weighted by atomic mass is 35.5. The lowest BCUT2D eigenvalue weighted by Crippen LogP contribution is -2.65. The largest absolute Gasteiger partial charge is 0.501 e. The predicted molar refractivity (Wildman–Crippen MR) is 94.9 cm³/mol. The van der Waals surface area contributed by atoms with Crippen molar-refractivity contribution in [3.63, 3.8) is 0 Å². The Labute approximate surface area is 162 Å². The van der Waals surface area contributed by atoms with Crippen LogP contribution < -0.4 is 0 Å². The van der Waals surface area contributed by atoms with Crippen LogP contribution in [0.1, 0.15) is 19.3 Å². The summed E-state index contributed by atoms with van der Waals surface area (Å²) in [4.78, 5) is 41.8. The van der Waals surface area contributed by atoms with Gasteiger partial charge in [0, 0.05) is 12.5 Å². The van der Waals surface area contributed by atoms with Crippen molar-refractivity contribution in [3.05, 3.63) is 23.4 Å². The van der Waals surface area contributed by atoms with E-state index in [4.69, 9.17) is 25.8 Å². The van der Waals surface area contributed by atoms with Crippen LogP contribution in [0, 0.1) is 10.8 Å². The average molecular weight is 396 g/mol. The molecule has 7 nitrogen and oxygen atoms in total. The highest BCUT2D eigenvalue weighted by Gasteiger charge is 2.84. The van der Waals surface area contributed by atoms with E-state index in [1.54, 1.807) is 0 Å². The van der Waals surface area contributed by atoms with Crippen LogP contribution in [0.5, 0.6) is 0 Å². The summed E-state index contributed by atoms with van der Waals surface area (Å²) in [5, 5.41) is -0.658. The van der Waals surface area contributed by atoms with Gasteiger partial charge >= 0.3 is 0 Å². The number of methoxy groups -OCH3 is 3. The van der Waals surface area contributed by atoms with Gasteiger partial charge in [-0.05, 0) is 26.4 Å². The van der Waals surface area contributed by atoms with Crippen molar-refractivity contribution in [1.29, 1.82) is 0 Å². The van der Waals surface area contributed by atoms with E-state index in [2.05, 4.69) is 0 Å². The molecule has 3 aliphatic carbocycles. The van der Waals surface area contributed by atoms with Crippen molar-refractivity contribution in [1.82, 2.24) is 4.90 Å². The van der Waals surface area contributed by atoms with Crippen molar-refractivity contribution < 1.29 is 28.6 Å². The first-order valence-electron chi connectivity index (χ1n) is 8.84. The number of likely N-dealkylation sites (N-methyl/N-ethyl adjacent to an activating group) is 1. The van der Waals surface area contributed by atoms with Gasteiger partial charge in [-0.3, -0.25) is 19.3 Å². The molecule has 0 radical (unpaired) electrons. The van der Waals surface area contributed by atoms with Crippen molar-refractivity contribution in [2.75, 3.05) is 34.9 Å². The zero-order chi connectivity index (χ0) is 19.8. The Balaban J connectivity index is 2.07. The Bertz CT molecular complexity index is 834. The van der Waals surface area contributed by atoms with E-state index in [1.807, 2.05) is 11.9 Å². The van der Waals surface area contributed by atoms with E-state index < -0.39 is 33.3 Å². The maximum absolute atomic E-state index is 13.6. The van der Waals surface area contributed by atoms with Crippen LogP contribution >= 0.6 is 11.6 Å². The monoisotopic (exact) mass is 395 g/mol. The van der Waals surface area contributed by atoms with Gasteiger partial charge in [-0.25, -0.2) is 0 Å². The molecule has 0 aromatic carbocycles. The molecule has 1 saturated carbocycles. The Morgan fingerprint density at radius 1 is 1.15 bits per heavy atom. The molecule has 4 atom stereocenters. The van der Waals surface area contributed by atoms with Crippen LogP contribution in [0.2, 0.25) is 0 Å². The Morgan fingerprint density at radius 3 is 2.41 bits per heavy atom. The number of hydrogen-bond acceptors (Lipinski definition) is 7. The summed E-state index contributed by atoms with van der Waals surface area (Å²) in [5.74, 6) is -0.968. The number of hydrogen-bond donors (Lipinski definition) is 0. The van der Waals surface area contributed by atoms with Gasteiger partial charge in [-0.1, -0.05) is 0 Å². The number of nitrogens with zero attached hydrogens (tertiary/aromatic N) is 1. The van der Waals surface area contributed by atoms with Crippen LogP contribution in [0.15, 0.2) is 23.4 Å². The molecular formula is C19H22ClNO6. The average Bonchev–Trinajstić information content (AvgIpc) is 3.22. The van der Waals surface area contributed by atoms with Crippen LogP contribution in [0.25, 0.3) is 0 Å². The molecule has 4 rings (SSSR count). The van der Waals surface area contributed by atoms with Crippen molar-refractivity contribution >= 4 is 29.0 Å². The molecule has 1 spiro atoms. The van der Waals surface area contributed by atoms with Gasteiger partial charge in [0.2, 0.25) is 11.5 Å². The number of halogens is 1. The van der Waals surface area contributed by atoms with E-state index >= 15 is 0 Å². The number of carbonyl (C=O) groups is 3. The quantitative estimate of drug-likeness (QED) is 0.524. The van der Waals surface area contributed by atoms with Crippen LogP contribution in [0.3, 0.4) is 0 Å². The molecule has 1 aliphatic heterocycles. The van der Waals surface area contributed by atoms with Crippen LogP contribution in [-0.2, 0) is 28.6 Å². The second-order valence-electron chi connectivity index (χ2n) is 7.66. The van der Waals surface area contributed by atoms with Gasteiger partial charge in [0.05, 0.1) is 43.1 Å². The summed E-state index contributed by atoms with van der Waals surface area (Å²) in [6.45, 7) is 0.532. The fourth-order valence-electron chi connectivity index (χ4n) is 6.13. The molecule has 4 aliphatic rings. The number of rotatable bonds is 3. The third-order valence-corrected chi connectivity index (χ3v) is 7.71. The zero-order valence-electron chi connectivity index (χ0n) is 15.8. The maximum Gasteiger partial charge on any atom is 0.267 e. The molecule has 0 aromatic rings. The van der Waals surface area contributed by atoms with Gasteiger partial charge in [-0.15, -0.1) is 11.6 Å². The van der Waals surface area contributed by atoms with Gasteiger partial charge in [0.15, 0.2) is 11.5 Å². The summed E-state index contributed by atoms with van der Waals surface area (Å²) in [5.41, 5.74) is -3.54. The molecule has 27 heavy (non-hydrogen) atoms. The number of allylic oxidation sites excluding steroid dienone is 3. The molecule has 4 unspecified atom stereocenters. The summed E-state index contributed by atoms with van der Waals surface area (Å²) in [6, 6.07) is 0. The summed E-state index contributed by atoms with van der Waals surface area (Å²) < 4.78 is 16.3. The third kappa shape index (κ3) is 1.67. The van der Waals surface area contributed by atoms with Crippen molar-refractivity contribution in [2.24, 2.45) is 10.8 Å². The Hall–Kier alpha value is -1.86. The van der Waals surface area contributed by atoms with E-state index in [1.165, 1.54) is 27.4 Å². The van der Waals surface area contributed by atoms with Crippen LogP contribution in [-0.4, -0.2) is 68.1 Å². The summed E-state index contributed by atoms with van der Waals surface area (Å²) in [6.07, 6.45) is 2.26. The first-order chi connectivity index (χ1) is 12.8. The zero-order valence-corrected chi connectivity index (χ0v) is 16.5. The highest BCUT2D eigenvalue weighted by Crippen LogP contribution is 2.73. The lowest BCUT2D eigenvalue weighted by atomic mass is 9.52. The maximum atomic E-state index is 13.6. The van der Waals surface area contributed by atoms with Gasteiger partial charge in [0.1, 0.15) is 5.76 Å². The molecule has 8 heteroatoms. The molecule has 1 saturated heterocycles. The number of likely N-dealkylation sites (tertiary alicyclic amines) is 1. The van der Waals surface area contributed by atoms with E-state index in [-0.39, 0.29) is 23.7 Å². The molecule has 1 heterocycles. The number of Topliss-reactive ketones (excluding diaryl/α,β-unsaturated/α-hetero) is 2. The lowest BCUT2D eigenvalue weighted by molar-refractivity contribution is -0.157. The third-order valence-electron chi connectivity index (χ3n) is 7.19. The summed E-state index contributed by atoms with van der Waals surface area (Å²) >= 11 is 6.83. The molecule has 0 bridgehead atoms. The molecule has 0 aromatic heterocycles. The first kappa shape index (κ1) is 18.5. The molecule has 0 amide bonds. The number of carbonyl (C=O) groups excluding carboxylic acids is 3. The highest BCUT2D eigenvalue weighted by molar-refractivity contribution is 6.47. The number of ether oxygens (including phenoxy) is 3. The topological polar surface area (TPSA) is 82.1 Å². The predicted octanol–water partition coefficient (Wildman–Crippen LogP) is 1.20. The molecule has 146 valence electrons. The van der Waals surface area contributed by atoms with Gasteiger partial charge in [-0.2, -0.15) is 0 Å². The lowest BCUT2D eigenvalue weighted by Gasteiger charge is -2.50. The fourth-order valence-corrected chi connectivity index (χ4v) is 6.72. The van der Waals surface area contributed by atoms with Gasteiger partial charge in [0.25, 0.3) is 5.78 Å². The minimum absolute atomic E-state index is 0.0989. The Kier molecular flexibility index (Phi) is 3.82. The normalized spacial score (nSPS) is 41.1. The standard InChI is InChI=1S/C19H22ClNO6/c1-21-6-5-18-15(24)13(23)14(26-3)16(27-4)19(18,21)9-11(20)17(18)8-10(25-2)7-12(17)22/h7,11H,5-6,8-9H2,1-4H3. The molecular weight excluding hydrogens is 374 g/mol. The molecule has 0 N–H and O–H groups in total. The van der Waals surface area contributed by atoms with E-state index in [9.17, 15) is 14.4 Å². The first-order valence-corrected chi connectivity index (χ1v) is 9.28. The number of alkyl halides is 1. The van der Waals surface area contributed by atoms with E-state index in [0.717, 1.165) is 0 Å². The number of ketones is 3. The van der Waals surface area contributed by atoms with E-state index in [0.29, 0.717) is 25.1 Å².